The number of benzene rings is 11. The van der Waals surface area contributed by atoms with Gasteiger partial charge in [0, 0.05) is 44.3 Å². The van der Waals surface area contributed by atoms with Crippen LogP contribution in [0, 0.1) is 0 Å². The molecule has 0 amide bonds. The number of hydrogen-bond acceptors (Lipinski definition) is 2. The Morgan fingerprint density at radius 2 is 1.11 bits per heavy atom. The molecule has 0 bridgehead atoms. The zero-order valence-corrected chi connectivity index (χ0v) is 41.9. The fourth-order valence-electron chi connectivity index (χ4n) is 13.0. The van der Waals surface area contributed by atoms with Crippen LogP contribution in [0.4, 0.5) is 0 Å². The van der Waals surface area contributed by atoms with Gasteiger partial charge in [0.2, 0.25) is 0 Å². The van der Waals surface area contributed by atoms with Crippen molar-refractivity contribution in [1.82, 2.24) is 14.5 Å². The highest BCUT2D eigenvalue weighted by Crippen LogP contribution is 2.54. The summed E-state index contributed by atoms with van der Waals surface area (Å²) in [5.74, 6) is 1.04. The van der Waals surface area contributed by atoms with Crippen LogP contribution in [-0.4, -0.2) is 14.5 Å². The van der Waals surface area contributed by atoms with Crippen molar-refractivity contribution in [3.05, 3.63) is 270 Å². The molecule has 0 N–H and O–H groups in total. The third-order valence-corrected chi connectivity index (χ3v) is 16.6. The van der Waals surface area contributed by atoms with Gasteiger partial charge < -0.3 is 4.57 Å². The van der Waals surface area contributed by atoms with Gasteiger partial charge in [-0.2, -0.15) is 0 Å². The Morgan fingerprint density at radius 1 is 0.427 bits per heavy atom. The highest BCUT2D eigenvalue weighted by molar-refractivity contribution is 6.13. The van der Waals surface area contributed by atoms with Crippen LogP contribution in [0.5, 0.6) is 0 Å². The number of aromatic nitrogens is 3. The number of nitrogens with zero attached hydrogens (tertiary/aromatic N) is 3. The molecule has 2 aliphatic carbocycles. The van der Waals surface area contributed by atoms with Gasteiger partial charge in [-0.1, -0.05) is 202 Å². The molecule has 0 aliphatic heterocycles. The first-order valence-corrected chi connectivity index (χ1v) is 26.4. The predicted octanol–water partition coefficient (Wildman–Crippen LogP) is 18.6. The van der Waals surface area contributed by atoms with Crippen LogP contribution in [0.1, 0.15) is 54.0 Å². The summed E-state index contributed by atoms with van der Waals surface area (Å²) in [6.45, 7) is 4.82. The Hall–Kier alpha value is -9.18. The van der Waals surface area contributed by atoms with Crippen molar-refractivity contribution in [3.63, 3.8) is 0 Å². The predicted molar refractivity (Wildman–Crippen MR) is 313 cm³/mol. The van der Waals surface area contributed by atoms with E-state index in [1.165, 1.54) is 88.3 Å². The zero-order valence-electron chi connectivity index (χ0n) is 41.9. The summed E-state index contributed by atoms with van der Waals surface area (Å²) < 4.78 is 2.51. The maximum atomic E-state index is 5.43. The zero-order chi connectivity index (χ0) is 49.8. The lowest BCUT2D eigenvalue weighted by Crippen LogP contribution is -2.15. The Kier molecular flexibility index (Phi) is 9.81. The van der Waals surface area contributed by atoms with E-state index in [2.05, 4.69) is 261 Å². The summed E-state index contributed by atoms with van der Waals surface area (Å²) in [7, 11) is 0. The summed E-state index contributed by atoms with van der Waals surface area (Å²) in [6, 6.07) is 89.7. The first-order chi connectivity index (χ1) is 36.9. The van der Waals surface area contributed by atoms with Crippen molar-refractivity contribution in [2.24, 2.45) is 0 Å². The summed E-state index contributed by atoms with van der Waals surface area (Å²) in [6.07, 6.45) is 2.10. The highest BCUT2D eigenvalue weighted by atomic mass is 15.0. The maximum absolute atomic E-state index is 5.43. The molecule has 2 aromatic heterocycles. The Morgan fingerprint density at radius 3 is 1.95 bits per heavy atom. The van der Waals surface area contributed by atoms with E-state index in [-0.39, 0.29) is 5.41 Å². The highest BCUT2D eigenvalue weighted by Gasteiger charge is 2.38. The first kappa shape index (κ1) is 43.4. The number of para-hydroxylation sites is 1. The standard InChI is InChI=1S/C72H51N3/c1-72(2)65-44-68-64(43-62(65)59-36-33-47-22-12-13-25-56(47)69(59)72)63-42-51(50-31-30-48-32-35-55(46-20-8-4-9-21-46)57-26-14-15-27-58(57)61(48)41-50)34-37-67(63)75(68)54-39-52(45-18-6-3-7-19-45)38-53(40-54)71-73-66-29-17-16-28-60(66)70(74-71)49-23-10-5-11-24-49/h3-31,33-34,36-44,55H,32,35H2,1-2H3. The van der Waals surface area contributed by atoms with E-state index >= 15 is 0 Å². The second kappa shape index (κ2) is 16.9. The van der Waals surface area contributed by atoms with Gasteiger partial charge >= 0.3 is 0 Å². The largest absolute Gasteiger partial charge is 0.309 e. The summed E-state index contributed by atoms with van der Waals surface area (Å²) in [5.41, 5.74) is 23.9. The number of aryl methyl sites for hydroxylation is 1. The van der Waals surface area contributed by atoms with E-state index in [4.69, 9.17) is 9.97 Å². The molecule has 15 rings (SSSR count). The maximum Gasteiger partial charge on any atom is 0.160 e. The summed E-state index contributed by atoms with van der Waals surface area (Å²) in [4.78, 5) is 10.8. The van der Waals surface area contributed by atoms with Crippen molar-refractivity contribution in [1.29, 1.82) is 0 Å². The van der Waals surface area contributed by atoms with Crippen LogP contribution in [0.25, 0.3) is 116 Å². The summed E-state index contributed by atoms with van der Waals surface area (Å²) >= 11 is 0. The van der Waals surface area contributed by atoms with E-state index < -0.39 is 0 Å². The molecule has 2 aliphatic rings. The van der Waals surface area contributed by atoms with Crippen molar-refractivity contribution in [2.75, 3.05) is 0 Å². The topological polar surface area (TPSA) is 30.7 Å². The van der Waals surface area contributed by atoms with Gasteiger partial charge in [0.1, 0.15) is 0 Å². The SMILES string of the molecule is CC1(C)c2cc3c(cc2-c2ccc4ccccc4c21)c1cc(-c2ccc4c(c2)-c2ccccc2C(c2ccccc2)CC4)ccc1n3-c1cc(-c2ccccc2)cc(-c2nc(-c3ccccc3)c3ccccc3n2)c1. The molecule has 0 spiro atoms. The van der Waals surface area contributed by atoms with Crippen LogP contribution in [0.15, 0.2) is 243 Å². The molecule has 3 nitrogen and oxygen atoms in total. The second-order valence-corrected chi connectivity index (χ2v) is 21.2. The molecule has 75 heavy (non-hydrogen) atoms. The fraction of sp³-hybridized carbons (Fsp3) is 0.0833. The molecule has 2 heterocycles. The second-order valence-electron chi connectivity index (χ2n) is 21.2. The minimum atomic E-state index is -0.242. The van der Waals surface area contributed by atoms with Gasteiger partial charge in [-0.15, -0.1) is 0 Å². The van der Waals surface area contributed by atoms with E-state index in [0.717, 1.165) is 62.9 Å². The Balaban J connectivity index is 0.972. The third kappa shape index (κ3) is 6.95. The molecule has 11 aromatic carbocycles. The third-order valence-electron chi connectivity index (χ3n) is 16.6. The lowest BCUT2D eigenvalue weighted by molar-refractivity contribution is 0.667. The van der Waals surface area contributed by atoms with E-state index in [9.17, 15) is 0 Å². The van der Waals surface area contributed by atoms with Gasteiger partial charge in [0.05, 0.1) is 22.2 Å². The quantitative estimate of drug-likeness (QED) is 0.166. The van der Waals surface area contributed by atoms with E-state index in [0.29, 0.717) is 11.7 Å². The average Bonchev–Trinajstić information content (AvgIpc) is 3.84. The molecule has 0 saturated heterocycles. The Labute approximate surface area is 437 Å². The van der Waals surface area contributed by atoms with Crippen LogP contribution in [0.2, 0.25) is 0 Å². The van der Waals surface area contributed by atoms with Crippen molar-refractivity contribution in [2.45, 2.75) is 38.0 Å². The molecular formula is C72H51N3. The number of rotatable bonds is 6. The van der Waals surface area contributed by atoms with Crippen LogP contribution >= 0.6 is 0 Å². The van der Waals surface area contributed by atoms with Crippen molar-refractivity contribution >= 4 is 43.5 Å². The Bertz CT molecular complexity index is 4430. The van der Waals surface area contributed by atoms with Crippen molar-refractivity contribution < 1.29 is 0 Å². The minimum Gasteiger partial charge on any atom is -0.309 e. The van der Waals surface area contributed by atoms with E-state index in [1.807, 2.05) is 0 Å². The van der Waals surface area contributed by atoms with Gasteiger partial charge in [-0.05, 0) is 151 Å². The van der Waals surface area contributed by atoms with Gasteiger partial charge in [-0.25, -0.2) is 9.97 Å². The summed E-state index contributed by atoms with van der Waals surface area (Å²) in [5, 5.41) is 6.08. The molecule has 13 aromatic rings. The molecule has 1 atom stereocenters. The molecule has 0 saturated carbocycles. The molecule has 354 valence electrons. The number of fused-ring (bicyclic) bond motifs is 12. The average molecular weight is 958 g/mol. The molecule has 0 fully saturated rings. The minimum absolute atomic E-state index is 0.242. The molecular weight excluding hydrogens is 907 g/mol. The van der Waals surface area contributed by atoms with Crippen LogP contribution in [0.3, 0.4) is 0 Å². The number of hydrogen-bond donors (Lipinski definition) is 0. The monoisotopic (exact) mass is 957 g/mol. The van der Waals surface area contributed by atoms with E-state index in [1.54, 1.807) is 0 Å². The molecule has 3 heteroatoms. The van der Waals surface area contributed by atoms with Gasteiger partial charge in [-0.3, -0.25) is 0 Å². The van der Waals surface area contributed by atoms with Gasteiger partial charge in [0.15, 0.2) is 5.82 Å². The van der Waals surface area contributed by atoms with Crippen LogP contribution < -0.4 is 0 Å². The normalized spacial score (nSPS) is 14.4. The molecule has 0 radical (unpaired) electrons. The first-order valence-electron chi connectivity index (χ1n) is 26.4. The lowest BCUT2D eigenvalue weighted by Gasteiger charge is -2.23. The van der Waals surface area contributed by atoms with Crippen molar-refractivity contribution in [3.8, 4) is 72.8 Å². The molecule has 1 unspecified atom stereocenters. The fourth-order valence-corrected chi connectivity index (χ4v) is 13.0. The van der Waals surface area contributed by atoms with Crippen LogP contribution in [-0.2, 0) is 11.8 Å². The lowest BCUT2D eigenvalue weighted by atomic mass is 9.80. The van der Waals surface area contributed by atoms with Gasteiger partial charge in [0.25, 0.3) is 0 Å². The smallest absolute Gasteiger partial charge is 0.160 e.